The Kier molecular flexibility index (Phi) is 6.04. The van der Waals surface area contributed by atoms with Crippen LogP contribution in [-0.2, 0) is 0 Å². The van der Waals surface area contributed by atoms with E-state index in [1.165, 1.54) is 31.2 Å². The Labute approximate surface area is 130 Å². The van der Waals surface area contributed by atoms with Gasteiger partial charge in [-0.25, -0.2) is 4.98 Å². The lowest BCUT2D eigenvalue weighted by atomic mass is 9.86. The van der Waals surface area contributed by atoms with Crippen molar-refractivity contribution in [3.8, 4) is 0 Å². The molecule has 3 atom stereocenters. The van der Waals surface area contributed by atoms with Crippen molar-refractivity contribution in [3.05, 3.63) is 23.9 Å². The minimum Gasteiger partial charge on any atom is -0.356 e. The Bertz CT molecular complexity index is 432. The molecule has 21 heavy (non-hydrogen) atoms. The lowest BCUT2D eigenvalue weighted by molar-refractivity contribution is 0.335. The van der Waals surface area contributed by atoms with E-state index in [2.05, 4.69) is 50.2 Å². The van der Waals surface area contributed by atoms with E-state index >= 15 is 0 Å². The summed E-state index contributed by atoms with van der Waals surface area (Å²) in [5, 5.41) is 3.59. The third-order valence-electron chi connectivity index (χ3n) is 4.77. The number of aromatic nitrogens is 1. The van der Waals surface area contributed by atoms with Crippen molar-refractivity contribution in [2.75, 3.05) is 18.5 Å². The van der Waals surface area contributed by atoms with Crippen LogP contribution in [0.3, 0.4) is 0 Å². The first-order valence-electron chi connectivity index (χ1n) is 8.54. The highest BCUT2D eigenvalue weighted by atomic mass is 15.2. The Morgan fingerprint density at radius 2 is 2.24 bits per heavy atom. The van der Waals surface area contributed by atoms with Crippen molar-refractivity contribution < 1.29 is 0 Å². The van der Waals surface area contributed by atoms with Crippen LogP contribution >= 0.6 is 0 Å². The molecule has 1 aromatic heterocycles. The zero-order valence-corrected chi connectivity index (χ0v) is 14.1. The van der Waals surface area contributed by atoms with Gasteiger partial charge in [-0.05, 0) is 44.7 Å². The van der Waals surface area contributed by atoms with Gasteiger partial charge in [-0.1, -0.05) is 32.8 Å². The Morgan fingerprint density at radius 1 is 1.43 bits per heavy atom. The average molecular weight is 289 g/mol. The van der Waals surface area contributed by atoms with E-state index < -0.39 is 0 Å². The minimum absolute atomic E-state index is 0.358. The molecule has 1 N–H and O–H groups in total. The summed E-state index contributed by atoms with van der Waals surface area (Å²) in [4.78, 5) is 7.12. The SMILES string of the molecule is CCCNC(C)c1cccnc1N(C)C1CCCC(C)C1. The molecule has 0 amide bonds. The lowest BCUT2D eigenvalue weighted by Crippen LogP contribution is -2.37. The fourth-order valence-electron chi connectivity index (χ4n) is 3.44. The highest BCUT2D eigenvalue weighted by Crippen LogP contribution is 2.31. The normalized spacial score (nSPS) is 23.8. The molecule has 0 radical (unpaired) electrons. The second-order valence-electron chi connectivity index (χ2n) is 6.63. The van der Waals surface area contributed by atoms with Gasteiger partial charge in [0.25, 0.3) is 0 Å². The van der Waals surface area contributed by atoms with Crippen LogP contribution < -0.4 is 10.2 Å². The van der Waals surface area contributed by atoms with Gasteiger partial charge in [0.1, 0.15) is 5.82 Å². The van der Waals surface area contributed by atoms with Gasteiger partial charge in [-0.15, -0.1) is 0 Å². The number of hydrogen-bond acceptors (Lipinski definition) is 3. The average Bonchev–Trinajstić information content (AvgIpc) is 2.52. The molecule has 1 saturated carbocycles. The fraction of sp³-hybridized carbons (Fsp3) is 0.722. The van der Waals surface area contributed by atoms with Crippen molar-refractivity contribution in [2.45, 2.75) is 65.0 Å². The van der Waals surface area contributed by atoms with Crippen LogP contribution in [0.4, 0.5) is 5.82 Å². The quantitative estimate of drug-likeness (QED) is 0.852. The fourth-order valence-corrected chi connectivity index (χ4v) is 3.44. The second kappa shape index (κ2) is 7.79. The molecule has 1 aliphatic carbocycles. The number of anilines is 1. The summed E-state index contributed by atoms with van der Waals surface area (Å²) in [6.45, 7) is 7.89. The molecule has 0 saturated heterocycles. The Hall–Kier alpha value is -1.09. The molecule has 0 spiro atoms. The summed E-state index contributed by atoms with van der Waals surface area (Å²) >= 11 is 0. The molecular formula is C18H31N3. The molecule has 1 heterocycles. The predicted molar refractivity (Wildman–Crippen MR) is 90.8 cm³/mol. The van der Waals surface area contributed by atoms with Gasteiger partial charge >= 0.3 is 0 Å². The predicted octanol–water partition coefficient (Wildman–Crippen LogP) is 4.16. The van der Waals surface area contributed by atoms with Crippen LogP contribution in [0.1, 0.15) is 64.5 Å². The summed E-state index contributed by atoms with van der Waals surface area (Å²) in [5.74, 6) is 2.00. The third-order valence-corrected chi connectivity index (χ3v) is 4.77. The summed E-state index contributed by atoms with van der Waals surface area (Å²) in [6.07, 6.45) is 8.41. The third kappa shape index (κ3) is 4.19. The topological polar surface area (TPSA) is 28.2 Å². The van der Waals surface area contributed by atoms with E-state index in [1.807, 2.05) is 6.20 Å². The van der Waals surface area contributed by atoms with Gasteiger partial charge in [0, 0.05) is 30.9 Å². The van der Waals surface area contributed by atoms with E-state index in [1.54, 1.807) is 0 Å². The number of nitrogens with one attached hydrogen (secondary N) is 1. The molecule has 0 bridgehead atoms. The van der Waals surface area contributed by atoms with Crippen LogP contribution in [0, 0.1) is 5.92 Å². The minimum atomic E-state index is 0.358. The Balaban J connectivity index is 2.14. The number of hydrogen-bond donors (Lipinski definition) is 1. The molecule has 1 aliphatic rings. The molecule has 0 aliphatic heterocycles. The van der Waals surface area contributed by atoms with Crippen molar-refractivity contribution in [1.29, 1.82) is 0 Å². The van der Waals surface area contributed by atoms with E-state index in [9.17, 15) is 0 Å². The monoisotopic (exact) mass is 289 g/mol. The molecule has 118 valence electrons. The van der Waals surface area contributed by atoms with Crippen LogP contribution in [-0.4, -0.2) is 24.6 Å². The molecule has 1 aromatic rings. The zero-order chi connectivity index (χ0) is 15.2. The van der Waals surface area contributed by atoms with Crippen molar-refractivity contribution >= 4 is 5.82 Å². The summed E-state index contributed by atoms with van der Waals surface area (Å²) in [7, 11) is 2.22. The van der Waals surface area contributed by atoms with Gasteiger partial charge in [-0.3, -0.25) is 0 Å². The van der Waals surface area contributed by atoms with Gasteiger partial charge < -0.3 is 10.2 Å². The van der Waals surface area contributed by atoms with E-state index in [-0.39, 0.29) is 0 Å². The second-order valence-corrected chi connectivity index (χ2v) is 6.63. The van der Waals surface area contributed by atoms with Crippen LogP contribution in [0.2, 0.25) is 0 Å². The number of pyridine rings is 1. The van der Waals surface area contributed by atoms with Crippen LogP contribution in [0.15, 0.2) is 18.3 Å². The summed E-state index contributed by atoms with van der Waals surface area (Å²) in [6, 6.07) is 5.27. The van der Waals surface area contributed by atoms with Gasteiger partial charge in [0.2, 0.25) is 0 Å². The Morgan fingerprint density at radius 3 is 2.95 bits per heavy atom. The molecule has 3 heteroatoms. The van der Waals surface area contributed by atoms with E-state index in [0.717, 1.165) is 24.7 Å². The summed E-state index contributed by atoms with van der Waals surface area (Å²) < 4.78 is 0. The highest BCUT2D eigenvalue weighted by Gasteiger charge is 2.25. The van der Waals surface area contributed by atoms with Crippen molar-refractivity contribution in [2.24, 2.45) is 5.92 Å². The molecule has 1 fully saturated rings. The number of rotatable bonds is 6. The highest BCUT2D eigenvalue weighted by molar-refractivity contribution is 5.48. The maximum Gasteiger partial charge on any atom is 0.133 e. The maximum absolute atomic E-state index is 4.69. The standard InChI is InChI=1S/C18H31N3/c1-5-11-19-15(3)17-10-7-12-20-18(17)21(4)16-9-6-8-14(2)13-16/h7,10,12,14-16,19H,5-6,8-9,11,13H2,1-4H3. The van der Waals surface area contributed by atoms with E-state index in [0.29, 0.717) is 12.1 Å². The number of nitrogens with zero attached hydrogens (tertiary/aromatic N) is 2. The smallest absolute Gasteiger partial charge is 0.133 e. The van der Waals surface area contributed by atoms with Crippen LogP contribution in [0.25, 0.3) is 0 Å². The van der Waals surface area contributed by atoms with Gasteiger partial charge in [0.15, 0.2) is 0 Å². The maximum atomic E-state index is 4.69. The van der Waals surface area contributed by atoms with Crippen molar-refractivity contribution in [3.63, 3.8) is 0 Å². The van der Waals surface area contributed by atoms with Crippen LogP contribution in [0.5, 0.6) is 0 Å². The summed E-state index contributed by atoms with van der Waals surface area (Å²) in [5.41, 5.74) is 1.33. The molecular weight excluding hydrogens is 258 g/mol. The largest absolute Gasteiger partial charge is 0.356 e. The molecule has 3 nitrogen and oxygen atoms in total. The first-order valence-corrected chi connectivity index (χ1v) is 8.54. The first kappa shape index (κ1) is 16.3. The molecule has 3 unspecified atom stereocenters. The molecule has 0 aromatic carbocycles. The zero-order valence-electron chi connectivity index (χ0n) is 14.1. The van der Waals surface area contributed by atoms with Gasteiger partial charge in [0.05, 0.1) is 0 Å². The van der Waals surface area contributed by atoms with E-state index in [4.69, 9.17) is 4.98 Å². The molecule has 2 rings (SSSR count). The van der Waals surface area contributed by atoms with Gasteiger partial charge in [-0.2, -0.15) is 0 Å². The first-order chi connectivity index (χ1) is 10.1. The lowest BCUT2D eigenvalue weighted by Gasteiger charge is -2.36. The van der Waals surface area contributed by atoms with Crippen molar-refractivity contribution in [1.82, 2.24) is 10.3 Å².